The van der Waals surface area contributed by atoms with Crippen LogP contribution < -0.4 is 10.2 Å². The van der Waals surface area contributed by atoms with Crippen LogP contribution in [0.3, 0.4) is 0 Å². The van der Waals surface area contributed by atoms with Gasteiger partial charge < -0.3 is 4.42 Å². The predicted octanol–water partition coefficient (Wildman–Crippen LogP) is 6.17. The molecule has 1 aliphatic heterocycles. The standard InChI is InChI=1S/C21H11BrCl2N2O4S/c22-17-10-14(30-20(17)31-15-6-4-11(23)5-7-15)9-16-18(27)25-21(29)26(19(16)28)13-3-1-2-12(24)8-13/h1-10H,(H,25,27,29)/b16-9+. The fourth-order valence-electron chi connectivity index (χ4n) is 2.77. The van der Waals surface area contributed by atoms with E-state index in [4.69, 9.17) is 27.6 Å². The maximum Gasteiger partial charge on any atom is 0.335 e. The monoisotopic (exact) mass is 536 g/mol. The topological polar surface area (TPSA) is 79.6 Å². The van der Waals surface area contributed by atoms with Crippen LogP contribution in [0, 0.1) is 0 Å². The smallest absolute Gasteiger partial charge is 0.335 e. The SMILES string of the molecule is O=C1NC(=O)N(c2cccc(Cl)c2)C(=O)/C1=C/c1cc(Br)c(Sc2ccc(Cl)cc2)o1. The van der Waals surface area contributed by atoms with Crippen LogP contribution in [-0.4, -0.2) is 17.8 Å². The normalized spacial score (nSPS) is 15.5. The lowest BCUT2D eigenvalue weighted by Crippen LogP contribution is -2.54. The first-order chi connectivity index (χ1) is 14.8. The number of hydrogen-bond acceptors (Lipinski definition) is 5. The van der Waals surface area contributed by atoms with Gasteiger partial charge in [-0.05, 0) is 70.5 Å². The highest BCUT2D eigenvalue weighted by Gasteiger charge is 2.37. The molecule has 0 spiro atoms. The molecule has 1 aromatic heterocycles. The number of hydrogen-bond donors (Lipinski definition) is 1. The van der Waals surface area contributed by atoms with Crippen molar-refractivity contribution in [3.05, 3.63) is 80.4 Å². The molecular formula is C21H11BrCl2N2O4S. The average molecular weight is 538 g/mol. The summed E-state index contributed by atoms with van der Waals surface area (Å²) in [6.07, 6.45) is 1.29. The quantitative estimate of drug-likeness (QED) is 0.318. The van der Waals surface area contributed by atoms with Crippen LogP contribution in [0.1, 0.15) is 5.76 Å². The zero-order valence-electron chi connectivity index (χ0n) is 15.4. The number of halogens is 3. The molecule has 156 valence electrons. The number of urea groups is 1. The molecule has 31 heavy (non-hydrogen) atoms. The summed E-state index contributed by atoms with van der Waals surface area (Å²) < 4.78 is 6.43. The summed E-state index contributed by atoms with van der Waals surface area (Å²) in [6, 6.07) is 14.2. The summed E-state index contributed by atoms with van der Waals surface area (Å²) in [5.41, 5.74) is -0.00289. The molecule has 0 radical (unpaired) electrons. The fraction of sp³-hybridized carbons (Fsp3) is 0. The molecule has 0 unspecified atom stereocenters. The van der Waals surface area contributed by atoms with E-state index in [1.54, 1.807) is 36.4 Å². The lowest BCUT2D eigenvalue weighted by Gasteiger charge is -2.26. The number of carbonyl (C=O) groups is 3. The van der Waals surface area contributed by atoms with Crippen LogP contribution in [0.25, 0.3) is 6.08 Å². The Morgan fingerprint density at radius 1 is 1.00 bits per heavy atom. The summed E-state index contributed by atoms with van der Waals surface area (Å²) in [4.78, 5) is 39.3. The third-order valence-corrected chi connectivity index (χ3v) is 6.49. The number of furan rings is 1. The van der Waals surface area contributed by atoms with Gasteiger partial charge in [-0.1, -0.05) is 41.0 Å². The summed E-state index contributed by atoms with van der Waals surface area (Å²) in [6.45, 7) is 0. The van der Waals surface area contributed by atoms with Gasteiger partial charge in [0, 0.05) is 14.9 Å². The van der Waals surface area contributed by atoms with Crippen LogP contribution in [0.5, 0.6) is 0 Å². The molecular weight excluding hydrogens is 527 g/mol. The van der Waals surface area contributed by atoms with Crippen LogP contribution >= 0.6 is 50.9 Å². The minimum atomic E-state index is -0.853. The predicted molar refractivity (Wildman–Crippen MR) is 122 cm³/mol. The van der Waals surface area contributed by atoms with Gasteiger partial charge in [-0.15, -0.1) is 0 Å². The van der Waals surface area contributed by atoms with Crippen LogP contribution in [0.2, 0.25) is 10.0 Å². The Balaban J connectivity index is 1.64. The van der Waals surface area contributed by atoms with Gasteiger partial charge in [0.1, 0.15) is 11.3 Å². The molecule has 1 N–H and O–H groups in total. The Kier molecular flexibility index (Phi) is 6.24. The molecule has 4 rings (SSSR count). The lowest BCUT2D eigenvalue weighted by atomic mass is 10.1. The second kappa shape index (κ2) is 8.92. The molecule has 2 heterocycles. The third kappa shape index (κ3) is 4.72. The first kappa shape index (κ1) is 21.7. The van der Waals surface area contributed by atoms with E-state index in [-0.39, 0.29) is 17.0 Å². The number of anilines is 1. The first-order valence-corrected chi connectivity index (χ1v) is 11.1. The maximum absolute atomic E-state index is 12.9. The second-order valence-electron chi connectivity index (χ2n) is 6.28. The third-order valence-electron chi connectivity index (χ3n) is 4.15. The molecule has 3 aromatic rings. The van der Waals surface area contributed by atoms with Gasteiger partial charge in [-0.25, -0.2) is 9.69 Å². The van der Waals surface area contributed by atoms with Crippen molar-refractivity contribution >= 4 is 80.5 Å². The molecule has 1 aliphatic rings. The van der Waals surface area contributed by atoms with Gasteiger partial charge in [0.2, 0.25) is 0 Å². The zero-order valence-corrected chi connectivity index (χ0v) is 19.3. The van der Waals surface area contributed by atoms with E-state index in [9.17, 15) is 14.4 Å². The molecule has 1 saturated heterocycles. The van der Waals surface area contributed by atoms with Crippen molar-refractivity contribution in [1.82, 2.24) is 5.32 Å². The van der Waals surface area contributed by atoms with Crippen molar-refractivity contribution in [1.29, 1.82) is 0 Å². The van der Waals surface area contributed by atoms with Gasteiger partial charge in [-0.2, -0.15) is 0 Å². The van der Waals surface area contributed by atoms with Crippen LogP contribution in [-0.2, 0) is 9.59 Å². The minimum Gasteiger partial charge on any atom is -0.449 e. The van der Waals surface area contributed by atoms with Gasteiger partial charge in [0.05, 0.1) is 10.2 Å². The Morgan fingerprint density at radius 3 is 2.45 bits per heavy atom. The number of nitrogens with one attached hydrogen (secondary N) is 1. The van der Waals surface area contributed by atoms with E-state index in [0.717, 1.165) is 9.80 Å². The van der Waals surface area contributed by atoms with Crippen molar-refractivity contribution in [3.8, 4) is 0 Å². The molecule has 10 heteroatoms. The summed E-state index contributed by atoms with van der Waals surface area (Å²) in [5, 5.41) is 3.65. The molecule has 2 aromatic carbocycles. The Hall–Kier alpha value is -2.52. The maximum atomic E-state index is 12.9. The zero-order chi connectivity index (χ0) is 22.1. The Morgan fingerprint density at radius 2 is 1.74 bits per heavy atom. The number of imide groups is 2. The van der Waals surface area contributed by atoms with Gasteiger partial charge in [0.15, 0.2) is 5.09 Å². The van der Waals surface area contributed by atoms with E-state index < -0.39 is 17.8 Å². The van der Waals surface area contributed by atoms with E-state index in [1.807, 2.05) is 12.1 Å². The summed E-state index contributed by atoms with van der Waals surface area (Å²) >= 11 is 16.6. The number of nitrogens with zero attached hydrogens (tertiary/aromatic N) is 1. The number of barbiturate groups is 1. The molecule has 0 bridgehead atoms. The van der Waals surface area contributed by atoms with Gasteiger partial charge in [0.25, 0.3) is 11.8 Å². The largest absolute Gasteiger partial charge is 0.449 e. The number of benzene rings is 2. The van der Waals surface area contributed by atoms with E-state index in [1.165, 1.54) is 23.9 Å². The van der Waals surface area contributed by atoms with Crippen molar-refractivity contribution in [2.24, 2.45) is 0 Å². The highest BCUT2D eigenvalue weighted by molar-refractivity contribution is 9.10. The lowest BCUT2D eigenvalue weighted by molar-refractivity contribution is -0.122. The van der Waals surface area contributed by atoms with Crippen LogP contribution in [0.4, 0.5) is 10.5 Å². The fourth-order valence-corrected chi connectivity index (χ4v) is 4.41. The number of amides is 4. The van der Waals surface area contributed by atoms with Crippen molar-refractivity contribution in [2.45, 2.75) is 9.99 Å². The summed E-state index contributed by atoms with van der Waals surface area (Å²) in [7, 11) is 0. The summed E-state index contributed by atoms with van der Waals surface area (Å²) in [5.74, 6) is -1.33. The van der Waals surface area contributed by atoms with Crippen molar-refractivity contribution in [2.75, 3.05) is 4.90 Å². The van der Waals surface area contributed by atoms with E-state index >= 15 is 0 Å². The molecule has 0 aliphatic carbocycles. The Bertz CT molecular complexity index is 1240. The molecule has 1 fully saturated rings. The van der Waals surface area contributed by atoms with E-state index in [0.29, 0.717) is 19.6 Å². The minimum absolute atomic E-state index is 0.244. The second-order valence-corrected chi connectivity index (χ2v) is 9.05. The molecule has 6 nitrogen and oxygen atoms in total. The highest BCUT2D eigenvalue weighted by Crippen LogP contribution is 2.37. The van der Waals surface area contributed by atoms with E-state index in [2.05, 4.69) is 21.2 Å². The highest BCUT2D eigenvalue weighted by atomic mass is 79.9. The molecule has 0 atom stereocenters. The van der Waals surface area contributed by atoms with Crippen molar-refractivity contribution < 1.29 is 18.8 Å². The average Bonchev–Trinajstić information content (AvgIpc) is 3.06. The number of rotatable bonds is 4. The van der Waals surface area contributed by atoms with Gasteiger partial charge >= 0.3 is 6.03 Å². The molecule has 4 amide bonds. The van der Waals surface area contributed by atoms with Crippen LogP contribution in [0.15, 0.2) is 79.0 Å². The van der Waals surface area contributed by atoms with Gasteiger partial charge in [-0.3, -0.25) is 14.9 Å². The van der Waals surface area contributed by atoms with Crippen molar-refractivity contribution in [3.63, 3.8) is 0 Å². The Labute approximate surface area is 199 Å². The first-order valence-electron chi connectivity index (χ1n) is 8.71. The molecule has 0 saturated carbocycles. The number of carbonyl (C=O) groups excluding carboxylic acids is 3.